The summed E-state index contributed by atoms with van der Waals surface area (Å²) in [5.41, 5.74) is 5.38. The van der Waals surface area contributed by atoms with Gasteiger partial charge in [0.1, 0.15) is 0 Å². The molecular weight excluding hydrogens is 422 g/mol. The van der Waals surface area contributed by atoms with Crippen LogP contribution in [-0.2, 0) is 23.6 Å². The first kappa shape index (κ1) is 21.9. The van der Waals surface area contributed by atoms with Gasteiger partial charge in [0.2, 0.25) is 12.1 Å². The summed E-state index contributed by atoms with van der Waals surface area (Å²) in [6, 6.07) is 14.9. The molecule has 1 aromatic heterocycles. The van der Waals surface area contributed by atoms with Gasteiger partial charge in [0.15, 0.2) is 5.69 Å². The van der Waals surface area contributed by atoms with Crippen molar-refractivity contribution >= 4 is 45.5 Å². The average molecular weight is 447 g/mol. The molecule has 32 heavy (non-hydrogen) atoms. The number of carbonyl (C=O) groups is 2. The van der Waals surface area contributed by atoms with Gasteiger partial charge in [-0.15, -0.1) is 6.42 Å². The van der Waals surface area contributed by atoms with Crippen molar-refractivity contribution in [2.45, 2.75) is 32.7 Å². The lowest BCUT2D eigenvalue weighted by Gasteiger charge is -2.10. The molecule has 4 rings (SSSR count). The molecule has 0 aliphatic heterocycles. The van der Waals surface area contributed by atoms with Gasteiger partial charge in [-0.25, -0.2) is 0 Å². The molecule has 0 atom stereocenters. The number of benzene rings is 2. The molecule has 0 bridgehead atoms. The molecule has 1 aliphatic carbocycles. The molecule has 7 heteroatoms. The van der Waals surface area contributed by atoms with Crippen LogP contribution in [0.4, 0.5) is 16.2 Å². The third kappa shape index (κ3) is 4.77. The minimum atomic E-state index is -0.341. The second-order valence-electron chi connectivity index (χ2n) is 7.47. The fraction of sp³-hybridized carbons (Fsp3) is 0.240. The molecule has 1 heterocycles. The molecule has 0 saturated heterocycles. The Balaban J connectivity index is 1.54. The molecule has 0 saturated carbocycles. The molecule has 0 spiro atoms. The predicted molar refractivity (Wildman–Crippen MR) is 128 cm³/mol. The lowest BCUT2D eigenvalue weighted by atomic mass is 10.1. The minimum absolute atomic E-state index is 0.254. The van der Waals surface area contributed by atoms with E-state index in [4.69, 9.17) is 10.6 Å². The Morgan fingerprint density at radius 1 is 1.12 bits per heavy atom. The number of terminal acetylenes is 1. The average Bonchev–Trinajstić information content (AvgIpc) is 3.26. The van der Waals surface area contributed by atoms with Crippen LogP contribution in [0.3, 0.4) is 0 Å². The summed E-state index contributed by atoms with van der Waals surface area (Å²) in [5.74, 6) is 2.50. The summed E-state index contributed by atoms with van der Waals surface area (Å²) in [7, 11) is 0. The van der Waals surface area contributed by atoms with Crippen LogP contribution >= 0.6 is 12.0 Å². The maximum absolute atomic E-state index is 12.8. The van der Waals surface area contributed by atoms with Crippen molar-refractivity contribution in [3.63, 3.8) is 0 Å². The lowest BCUT2D eigenvalue weighted by Crippen LogP contribution is -2.38. The number of nitrogens with zero attached hydrogens (tertiary/aromatic N) is 1. The van der Waals surface area contributed by atoms with E-state index < -0.39 is 0 Å². The molecule has 6 nitrogen and oxygen atoms in total. The summed E-state index contributed by atoms with van der Waals surface area (Å²) in [6.07, 6.45) is 8.84. The van der Waals surface area contributed by atoms with E-state index in [1.165, 1.54) is 11.3 Å². The van der Waals surface area contributed by atoms with Crippen molar-refractivity contribution < 1.29 is 18.3 Å². The third-order valence-electron chi connectivity index (χ3n) is 5.34. The molecule has 2 N–H and O–H groups in total. The zero-order chi connectivity index (χ0) is 22.5. The van der Waals surface area contributed by atoms with Crippen LogP contribution in [0.5, 0.6) is 0 Å². The maximum Gasteiger partial charge on any atom is 0.310 e. The van der Waals surface area contributed by atoms with Crippen molar-refractivity contribution in [3.8, 4) is 12.3 Å². The Bertz CT molecular complexity index is 1230. The number of rotatable bonds is 6. The number of carbonyl (C=O) groups excluding carboxylic acids is 2. The highest BCUT2D eigenvalue weighted by atomic mass is 32.2. The van der Waals surface area contributed by atoms with Gasteiger partial charge in [0.05, 0.1) is 18.6 Å². The minimum Gasteiger partial charge on any atom is -0.322 e. The Morgan fingerprint density at radius 3 is 2.78 bits per heavy atom. The first-order valence-corrected chi connectivity index (χ1v) is 11.3. The SMILES string of the molecule is C#CC[n+]1c2c(cc3cc(NC(=O)c4cccc(NC(=O)SOCC)c4)ccc31)CCC2. The highest BCUT2D eigenvalue weighted by Gasteiger charge is 2.24. The van der Waals surface area contributed by atoms with Crippen LogP contribution < -0.4 is 15.2 Å². The van der Waals surface area contributed by atoms with Crippen LogP contribution in [0.15, 0.2) is 48.5 Å². The topological polar surface area (TPSA) is 71.3 Å². The van der Waals surface area contributed by atoms with Gasteiger partial charge < -0.3 is 14.8 Å². The van der Waals surface area contributed by atoms with Gasteiger partial charge in [-0.05, 0) is 62.1 Å². The van der Waals surface area contributed by atoms with Gasteiger partial charge in [0, 0.05) is 40.4 Å². The van der Waals surface area contributed by atoms with Crippen LogP contribution in [0.25, 0.3) is 10.9 Å². The number of nitrogens with one attached hydrogen (secondary N) is 2. The summed E-state index contributed by atoms with van der Waals surface area (Å²) >= 11 is 0.737. The summed E-state index contributed by atoms with van der Waals surface area (Å²) in [4.78, 5) is 24.7. The number of hydrogen-bond acceptors (Lipinski definition) is 4. The quantitative estimate of drug-likeness (QED) is 0.327. The van der Waals surface area contributed by atoms with Crippen molar-refractivity contribution in [1.82, 2.24) is 0 Å². The number of hydrogen-bond donors (Lipinski definition) is 2. The molecule has 162 valence electrons. The highest BCUT2D eigenvalue weighted by molar-refractivity contribution is 8.09. The largest absolute Gasteiger partial charge is 0.322 e. The van der Waals surface area contributed by atoms with Crippen molar-refractivity contribution in [2.75, 3.05) is 17.2 Å². The lowest BCUT2D eigenvalue weighted by molar-refractivity contribution is -0.666. The zero-order valence-electron chi connectivity index (χ0n) is 17.8. The summed E-state index contributed by atoms with van der Waals surface area (Å²) < 4.78 is 7.23. The molecular formula is C25H24N3O3S+. The Morgan fingerprint density at radius 2 is 1.97 bits per heavy atom. The second-order valence-corrected chi connectivity index (χ2v) is 8.24. The van der Waals surface area contributed by atoms with Crippen LogP contribution in [0.1, 0.15) is 35.0 Å². The number of amides is 2. The van der Waals surface area contributed by atoms with Crippen LogP contribution in [0, 0.1) is 12.3 Å². The van der Waals surface area contributed by atoms with Crippen LogP contribution in [-0.4, -0.2) is 17.8 Å². The van der Waals surface area contributed by atoms with E-state index in [2.05, 4.69) is 27.2 Å². The second kappa shape index (κ2) is 9.86. The Labute approximate surface area is 191 Å². The monoisotopic (exact) mass is 446 g/mol. The predicted octanol–water partition coefficient (Wildman–Crippen LogP) is 4.72. The van der Waals surface area contributed by atoms with E-state index in [1.54, 1.807) is 31.2 Å². The van der Waals surface area contributed by atoms with E-state index in [0.717, 1.165) is 42.2 Å². The van der Waals surface area contributed by atoms with Crippen molar-refractivity contribution in [1.29, 1.82) is 0 Å². The highest BCUT2D eigenvalue weighted by Crippen LogP contribution is 2.26. The molecule has 2 aromatic carbocycles. The van der Waals surface area contributed by atoms with Gasteiger partial charge in [-0.3, -0.25) is 9.59 Å². The fourth-order valence-corrected chi connectivity index (χ4v) is 4.39. The van der Waals surface area contributed by atoms with Crippen molar-refractivity contribution in [2.24, 2.45) is 0 Å². The number of fused-ring (bicyclic) bond motifs is 2. The molecule has 0 unspecified atom stereocenters. The molecule has 3 aromatic rings. The maximum atomic E-state index is 12.8. The van der Waals surface area contributed by atoms with Gasteiger partial charge in [-0.1, -0.05) is 6.07 Å². The molecule has 0 fully saturated rings. The van der Waals surface area contributed by atoms with Gasteiger partial charge in [0.25, 0.3) is 5.91 Å². The Hall–Kier alpha value is -3.34. The van der Waals surface area contributed by atoms with E-state index in [0.29, 0.717) is 30.1 Å². The molecule has 2 amide bonds. The fourth-order valence-electron chi connectivity index (χ4n) is 4.01. The number of anilines is 2. The normalized spacial score (nSPS) is 12.2. The number of aromatic nitrogens is 1. The third-order valence-corrected chi connectivity index (χ3v) is 5.94. The first-order chi connectivity index (χ1) is 15.6. The van der Waals surface area contributed by atoms with Gasteiger partial charge >= 0.3 is 5.24 Å². The number of aryl methyl sites for hydroxylation is 1. The summed E-state index contributed by atoms with van der Waals surface area (Å²) in [6.45, 7) is 2.77. The smallest absolute Gasteiger partial charge is 0.310 e. The number of pyridine rings is 1. The van der Waals surface area contributed by atoms with E-state index >= 15 is 0 Å². The van der Waals surface area contributed by atoms with E-state index in [1.807, 2.05) is 18.2 Å². The Kier molecular flexibility index (Phi) is 6.74. The van der Waals surface area contributed by atoms with Gasteiger partial charge in [-0.2, -0.15) is 4.57 Å². The van der Waals surface area contributed by atoms with E-state index in [-0.39, 0.29) is 11.1 Å². The first-order valence-electron chi connectivity index (χ1n) is 10.5. The standard InChI is InChI=1S/C25H23N3O3S/c1-3-13-28-22-10-6-7-17(22)14-19-16-21(11-12-23(19)28)26-24(29)18-8-5-9-20(15-18)27-25(30)32-31-4-2/h1,5,8-9,11-12,14-16H,4,6-7,10,13H2,2H3,(H-,26,27,29,30)/p+1. The van der Waals surface area contributed by atoms with Crippen molar-refractivity contribution in [3.05, 3.63) is 65.4 Å². The molecule has 1 aliphatic rings. The van der Waals surface area contributed by atoms with Crippen LogP contribution in [0.2, 0.25) is 0 Å². The molecule has 0 radical (unpaired) electrons. The van der Waals surface area contributed by atoms with E-state index in [9.17, 15) is 9.59 Å². The summed E-state index contributed by atoms with van der Waals surface area (Å²) in [5, 5.41) is 6.36. The zero-order valence-corrected chi connectivity index (χ0v) is 18.6.